The van der Waals surface area contributed by atoms with Crippen molar-refractivity contribution in [2.75, 3.05) is 13.7 Å². The minimum absolute atomic E-state index is 0.199. The molecule has 0 bridgehead atoms. The highest BCUT2D eigenvalue weighted by Gasteiger charge is 2.14. The second-order valence-corrected chi connectivity index (χ2v) is 5.11. The summed E-state index contributed by atoms with van der Waals surface area (Å²) in [6.07, 6.45) is 0.0214. The van der Waals surface area contributed by atoms with Crippen molar-refractivity contribution in [1.29, 1.82) is 0 Å². The topological polar surface area (TPSA) is 47.6 Å². The lowest BCUT2D eigenvalue weighted by Gasteiger charge is -2.15. The first kappa shape index (κ1) is 16.8. The average Bonchev–Trinajstić information content (AvgIpc) is 2.56. The van der Waals surface area contributed by atoms with Crippen molar-refractivity contribution in [2.45, 2.75) is 19.4 Å². The lowest BCUT2D eigenvalue weighted by atomic mass is 10.1. The van der Waals surface area contributed by atoms with E-state index in [0.29, 0.717) is 24.5 Å². The van der Waals surface area contributed by atoms with E-state index < -0.39 is 6.10 Å². The number of rotatable bonds is 7. The minimum atomic E-state index is -0.615. The molecule has 0 heterocycles. The third kappa shape index (κ3) is 5.29. The standard InChI is InChI=1S/C18H20FNO3/c1-13(23-17-5-3-4-16(12-17)22-2)18(21)20-11-10-14-6-8-15(19)9-7-14/h3-9,12-13H,10-11H2,1-2H3,(H,20,21)/t13-/m0/s1. The summed E-state index contributed by atoms with van der Waals surface area (Å²) < 4.78 is 23.5. The molecule has 2 aromatic rings. The lowest BCUT2D eigenvalue weighted by molar-refractivity contribution is -0.127. The quantitative estimate of drug-likeness (QED) is 0.854. The van der Waals surface area contributed by atoms with Crippen LogP contribution in [0.1, 0.15) is 12.5 Å². The Balaban J connectivity index is 1.79. The summed E-state index contributed by atoms with van der Waals surface area (Å²) in [6.45, 7) is 2.16. The molecule has 0 unspecified atom stereocenters. The van der Waals surface area contributed by atoms with Crippen molar-refractivity contribution < 1.29 is 18.7 Å². The van der Waals surface area contributed by atoms with Crippen LogP contribution in [0.2, 0.25) is 0 Å². The van der Waals surface area contributed by atoms with Crippen LogP contribution < -0.4 is 14.8 Å². The van der Waals surface area contributed by atoms with E-state index in [2.05, 4.69) is 5.32 Å². The summed E-state index contributed by atoms with van der Waals surface area (Å²) in [5.41, 5.74) is 0.966. The molecule has 2 rings (SSSR count). The van der Waals surface area contributed by atoms with Gasteiger partial charge in [-0.2, -0.15) is 0 Å². The number of carbonyl (C=O) groups excluding carboxylic acids is 1. The van der Waals surface area contributed by atoms with Crippen molar-refractivity contribution in [3.8, 4) is 11.5 Å². The van der Waals surface area contributed by atoms with Gasteiger partial charge in [-0.15, -0.1) is 0 Å². The highest BCUT2D eigenvalue weighted by molar-refractivity contribution is 5.80. The predicted octanol–water partition coefficient (Wildman–Crippen LogP) is 2.96. The van der Waals surface area contributed by atoms with E-state index in [1.165, 1.54) is 12.1 Å². The Labute approximate surface area is 135 Å². The van der Waals surface area contributed by atoms with Crippen LogP contribution in [0.25, 0.3) is 0 Å². The van der Waals surface area contributed by atoms with E-state index in [0.717, 1.165) is 5.56 Å². The number of hydrogen-bond acceptors (Lipinski definition) is 3. The molecule has 0 aliphatic carbocycles. The van der Waals surface area contributed by atoms with E-state index in [9.17, 15) is 9.18 Å². The Hall–Kier alpha value is -2.56. The zero-order chi connectivity index (χ0) is 16.7. The van der Waals surface area contributed by atoms with Crippen LogP contribution >= 0.6 is 0 Å². The van der Waals surface area contributed by atoms with Gasteiger partial charge in [0.05, 0.1) is 7.11 Å². The average molecular weight is 317 g/mol. The van der Waals surface area contributed by atoms with Crippen LogP contribution in [-0.2, 0) is 11.2 Å². The normalized spacial score (nSPS) is 11.6. The van der Waals surface area contributed by atoms with Gasteiger partial charge in [-0.1, -0.05) is 18.2 Å². The SMILES string of the molecule is COc1cccc(O[C@@H](C)C(=O)NCCc2ccc(F)cc2)c1. The Morgan fingerprint density at radius 3 is 2.57 bits per heavy atom. The second-order valence-electron chi connectivity index (χ2n) is 5.11. The van der Waals surface area contributed by atoms with Crippen molar-refractivity contribution in [1.82, 2.24) is 5.32 Å². The molecule has 1 amide bonds. The minimum Gasteiger partial charge on any atom is -0.497 e. The number of amides is 1. The maximum atomic E-state index is 12.8. The van der Waals surface area contributed by atoms with Crippen molar-refractivity contribution in [3.05, 3.63) is 59.9 Å². The van der Waals surface area contributed by atoms with Gasteiger partial charge in [0.25, 0.3) is 5.91 Å². The Kier molecular flexibility index (Phi) is 5.97. The molecule has 0 saturated heterocycles. The number of halogens is 1. The van der Waals surface area contributed by atoms with Crippen LogP contribution in [0, 0.1) is 5.82 Å². The van der Waals surface area contributed by atoms with Crippen molar-refractivity contribution in [2.24, 2.45) is 0 Å². The fourth-order valence-electron chi connectivity index (χ4n) is 2.06. The molecule has 0 aromatic heterocycles. The fraction of sp³-hybridized carbons (Fsp3) is 0.278. The first-order valence-corrected chi connectivity index (χ1v) is 7.41. The number of carbonyl (C=O) groups is 1. The van der Waals surface area contributed by atoms with Gasteiger partial charge in [-0.25, -0.2) is 4.39 Å². The van der Waals surface area contributed by atoms with Crippen LogP contribution in [-0.4, -0.2) is 25.7 Å². The highest BCUT2D eigenvalue weighted by atomic mass is 19.1. The summed E-state index contributed by atoms with van der Waals surface area (Å²) in [6, 6.07) is 13.3. The zero-order valence-corrected chi connectivity index (χ0v) is 13.2. The fourth-order valence-corrected chi connectivity index (χ4v) is 2.06. The summed E-state index contributed by atoms with van der Waals surface area (Å²) in [5, 5.41) is 2.81. The predicted molar refractivity (Wildman–Crippen MR) is 86.2 cm³/mol. The Morgan fingerprint density at radius 1 is 1.17 bits per heavy atom. The number of nitrogens with one attached hydrogen (secondary N) is 1. The Morgan fingerprint density at radius 2 is 1.87 bits per heavy atom. The number of benzene rings is 2. The number of hydrogen-bond donors (Lipinski definition) is 1. The molecule has 0 spiro atoms. The van der Waals surface area contributed by atoms with Gasteiger partial charge < -0.3 is 14.8 Å². The van der Waals surface area contributed by atoms with E-state index in [-0.39, 0.29) is 11.7 Å². The summed E-state index contributed by atoms with van der Waals surface area (Å²) in [4.78, 5) is 12.0. The lowest BCUT2D eigenvalue weighted by Crippen LogP contribution is -2.37. The Bertz CT molecular complexity index is 643. The first-order valence-electron chi connectivity index (χ1n) is 7.41. The van der Waals surface area contributed by atoms with E-state index in [1.54, 1.807) is 50.4 Å². The summed E-state index contributed by atoms with van der Waals surface area (Å²) in [7, 11) is 1.57. The maximum absolute atomic E-state index is 12.8. The van der Waals surface area contributed by atoms with Crippen molar-refractivity contribution >= 4 is 5.91 Å². The number of methoxy groups -OCH3 is 1. The molecule has 1 N–H and O–H groups in total. The summed E-state index contributed by atoms with van der Waals surface area (Å²) >= 11 is 0. The van der Waals surface area contributed by atoms with Crippen LogP contribution in [0.3, 0.4) is 0 Å². The third-order valence-electron chi connectivity index (χ3n) is 3.35. The van der Waals surface area contributed by atoms with Gasteiger partial charge >= 0.3 is 0 Å². The molecule has 122 valence electrons. The van der Waals surface area contributed by atoms with Gasteiger partial charge in [0.15, 0.2) is 6.10 Å². The first-order chi connectivity index (χ1) is 11.1. The van der Waals surface area contributed by atoms with Gasteiger partial charge in [0.1, 0.15) is 17.3 Å². The second kappa shape index (κ2) is 8.17. The molecule has 0 radical (unpaired) electrons. The van der Waals surface area contributed by atoms with Gasteiger partial charge in [0.2, 0.25) is 0 Å². The molecule has 0 saturated carbocycles. The van der Waals surface area contributed by atoms with E-state index >= 15 is 0 Å². The molecule has 2 aromatic carbocycles. The third-order valence-corrected chi connectivity index (χ3v) is 3.35. The molecule has 5 heteroatoms. The van der Waals surface area contributed by atoms with Gasteiger partial charge in [-0.05, 0) is 43.2 Å². The smallest absolute Gasteiger partial charge is 0.260 e. The highest BCUT2D eigenvalue weighted by Crippen LogP contribution is 2.19. The molecular weight excluding hydrogens is 297 g/mol. The van der Waals surface area contributed by atoms with Crippen LogP contribution in [0.5, 0.6) is 11.5 Å². The molecule has 0 aliphatic rings. The molecule has 1 atom stereocenters. The maximum Gasteiger partial charge on any atom is 0.260 e. The monoisotopic (exact) mass is 317 g/mol. The van der Waals surface area contributed by atoms with Crippen molar-refractivity contribution in [3.63, 3.8) is 0 Å². The zero-order valence-electron chi connectivity index (χ0n) is 13.2. The largest absolute Gasteiger partial charge is 0.497 e. The van der Waals surface area contributed by atoms with Gasteiger partial charge in [0, 0.05) is 12.6 Å². The number of ether oxygens (including phenoxy) is 2. The van der Waals surface area contributed by atoms with E-state index in [1.807, 2.05) is 0 Å². The molecule has 0 aliphatic heterocycles. The summed E-state index contributed by atoms with van der Waals surface area (Å²) in [5.74, 6) is 0.782. The van der Waals surface area contributed by atoms with Crippen LogP contribution in [0.15, 0.2) is 48.5 Å². The molecular formula is C18H20FNO3. The van der Waals surface area contributed by atoms with Crippen LogP contribution in [0.4, 0.5) is 4.39 Å². The molecule has 0 fully saturated rings. The molecule has 23 heavy (non-hydrogen) atoms. The van der Waals surface area contributed by atoms with E-state index in [4.69, 9.17) is 9.47 Å². The molecule has 4 nitrogen and oxygen atoms in total. The van der Waals surface area contributed by atoms with Gasteiger partial charge in [-0.3, -0.25) is 4.79 Å².